The molecule has 58 valence electrons. The summed E-state index contributed by atoms with van der Waals surface area (Å²) in [4.78, 5) is 0. The zero-order valence-corrected chi connectivity index (χ0v) is 5.69. The highest BCUT2D eigenvalue weighted by Crippen LogP contribution is 2.24. The minimum atomic E-state index is 0.0264. The first-order valence-electron chi connectivity index (χ1n) is 3.53. The van der Waals surface area contributed by atoms with Crippen LogP contribution in [0.2, 0.25) is 0 Å². The van der Waals surface area contributed by atoms with Gasteiger partial charge in [0.15, 0.2) is 0 Å². The summed E-state index contributed by atoms with van der Waals surface area (Å²) in [5.74, 6) is 0. The van der Waals surface area contributed by atoms with Crippen molar-refractivity contribution in [2.75, 3.05) is 13.2 Å². The Morgan fingerprint density at radius 2 is 1.30 bits per heavy atom. The fourth-order valence-corrected chi connectivity index (χ4v) is 1.56. The molecule has 0 aliphatic carbocycles. The molecule has 10 heavy (non-hydrogen) atoms. The van der Waals surface area contributed by atoms with Gasteiger partial charge in [-0.15, -0.1) is 0 Å². The Hall–Kier alpha value is -0.160. The molecule has 2 rings (SSSR count). The van der Waals surface area contributed by atoms with E-state index in [1.807, 2.05) is 0 Å². The van der Waals surface area contributed by atoms with Gasteiger partial charge in [0.25, 0.3) is 0 Å². The second-order valence-electron chi connectivity index (χ2n) is 2.92. The SMILES string of the molecule is N[C@H]1CO[C@H]2C1OC[C@@H]2N. The van der Waals surface area contributed by atoms with E-state index in [2.05, 4.69) is 0 Å². The Morgan fingerprint density at radius 1 is 0.900 bits per heavy atom. The zero-order chi connectivity index (χ0) is 7.14. The summed E-state index contributed by atoms with van der Waals surface area (Å²) < 4.78 is 10.7. The predicted molar refractivity (Wildman–Crippen MR) is 35.4 cm³/mol. The maximum absolute atomic E-state index is 5.68. The number of hydrogen-bond donors (Lipinski definition) is 2. The molecule has 0 spiro atoms. The summed E-state index contributed by atoms with van der Waals surface area (Å²) in [7, 11) is 0. The Balaban J connectivity index is 2.09. The summed E-state index contributed by atoms with van der Waals surface area (Å²) in [6.45, 7) is 1.17. The second kappa shape index (κ2) is 2.17. The fourth-order valence-electron chi connectivity index (χ4n) is 1.56. The first kappa shape index (κ1) is 6.54. The number of fused-ring (bicyclic) bond motifs is 1. The zero-order valence-electron chi connectivity index (χ0n) is 5.69. The minimum Gasteiger partial charge on any atom is -0.372 e. The van der Waals surface area contributed by atoms with Crippen molar-refractivity contribution in [2.45, 2.75) is 24.3 Å². The molecule has 2 aliphatic rings. The van der Waals surface area contributed by atoms with Crippen molar-refractivity contribution in [2.24, 2.45) is 11.5 Å². The Labute approximate surface area is 59.5 Å². The molecular formula is C6H12N2O2. The first-order chi connectivity index (χ1) is 4.79. The second-order valence-corrected chi connectivity index (χ2v) is 2.92. The van der Waals surface area contributed by atoms with E-state index in [4.69, 9.17) is 20.9 Å². The molecule has 0 bridgehead atoms. The molecule has 0 aromatic heterocycles. The third-order valence-electron chi connectivity index (χ3n) is 2.13. The highest BCUT2D eigenvalue weighted by atomic mass is 16.6. The van der Waals surface area contributed by atoms with Gasteiger partial charge in [-0.25, -0.2) is 0 Å². The summed E-state index contributed by atoms with van der Waals surface area (Å²) in [6.07, 6.45) is 0.102. The van der Waals surface area contributed by atoms with Crippen LogP contribution in [0, 0.1) is 0 Å². The smallest absolute Gasteiger partial charge is 0.103 e. The molecule has 0 aromatic rings. The van der Waals surface area contributed by atoms with Crippen molar-refractivity contribution in [3.63, 3.8) is 0 Å². The van der Waals surface area contributed by atoms with Gasteiger partial charge in [-0.2, -0.15) is 0 Å². The maximum Gasteiger partial charge on any atom is 0.103 e. The molecule has 4 N–H and O–H groups in total. The van der Waals surface area contributed by atoms with E-state index in [9.17, 15) is 0 Å². The van der Waals surface area contributed by atoms with Crippen molar-refractivity contribution in [3.8, 4) is 0 Å². The third-order valence-corrected chi connectivity index (χ3v) is 2.13. The lowest BCUT2D eigenvalue weighted by Gasteiger charge is -2.10. The van der Waals surface area contributed by atoms with E-state index in [1.54, 1.807) is 0 Å². The number of hydrogen-bond acceptors (Lipinski definition) is 4. The first-order valence-corrected chi connectivity index (χ1v) is 3.53. The van der Waals surface area contributed by atoms with E-state index >= 15 is 0 Å². The van der Waals surface area contributed by atoms with Crippen LogP contribution in [0.5, 0.6) is 0 Å². The molecule has 0 aromatic carbocycles. The van der Waals surface area contributed by atoms with Gasteiger partial charge in [-0.3, -0.25) is 0 Å². The number of nitrogens with two attached hydrogens (primary N) is 2. The Morgan fingerprint density at radius 3 is 1.70 bits per heavy atom. The summed E-state index contributed by atoms with van der Waals surface area (Å²) in [6, 6.07) is 0.0529. The van der Waals surface area contributed by atoms with Crippen molar-refractivity contribution in [1.29, 1.82) is 0 Å². The topological polar surface area (TPSA) is 70.5 Å². The Kier molecular flexibility index (Phi) is 1.42. The van der Waals surface area contributed by atoms with Gasteiger partial charge >= 0.3 is 0 Å². The van der Waals surface area contributed by atoms with E-state index in [0.29, 0.717) is 13.2 Å². The van der Waals surface area contributed by atoms with Crippen molar-refractivity contribution >= 4 is 0 Å². The maximum atomic E-state index is 5.68. The molecule has 0 radical (unpaired) electrons. The quantitative estimate of drug-likeness (QED) is 0.431. The lowest BCUT2D eigenvalue weighted by atomic mass is 10.1. The standard InChI is InChI=1S/C6H12N2O2/c7-3-1-9-6-4(8)2-10-5(3)6/h3-6H,1-2,7-8H2/t3-,4-,5+,6?/m0/s1. The van der Waals surface area contributed by atoms with E-state index < -0.39 is 0 Å². The molecule has 2 saturated heterocycles. The summed E-state index contributed by atoms with van der Waals surface area (Å²) in [5.41, 5.74) is 11.4. The predicted octanol–water partition coefficient (Wildman–Crippen LogP) is -1.56. The Bertz CT molecular complexity index is 126. The third kappa shape index (κ3) is 0.769. The van der Waals surface area contributed by atoms with Crippen LogP contribution in [0.15, 0.2) is 0 Å². The summed E-state index contributed by atoms with van der Waals surface area (Å²) >= 11 is 0. The molecule has 0 amide bonds. The van der Waals surface area contributed by atoms with Crippen molar-refractivity contribution < 1.29 is 9.47 Å². The van der Waals surface area contributed by atoms with Crippen LogP contribution in [-0.4, -0.2) is 37.5 Å². The molecule has 4 atom stereocenters. The molecule has 2 aliphatic heterocycles. The van der Waals surface area contributed by atoms with Gasteiger partial charge in [0.1, 0.15) is 12.2 Å². The lowest BCUT2D eigenvalue weighted by Crippen LogP contribution is -2.39. The van der Waals surface area contributed by atoms with Crippen LogP contribution < -0.4 is 11.5 Å². The van der Waals surface area contributed by atoms with Crippen LogP contribution in [0.1, 0.15) is 0 Å². The summed E-state index contributed by atoms with van der Waals surface area (Å²) in [5, 5.41) is 0. The molecule has 0 saturated carbocycles. The molecule has 2 heterocycles. The highest BCUT2D eigenvalue weighted by Gasteiger charge is 2.44. The molecule has 2 fully saturated rings. The molecule has 1 unspecified atom stereocenters. The number of rotatable bonds is 0. The van der Waals surface area contributed by atoms with Crippen LogP contribution in [0.3, 0.4) is 0 Å². The van der Waals surface area contributed by atoms with E-state index in [1.165, 1.54) is 0 Å². The lowest BCUT2D eigenvalue weighted by molar-refractivity contribution is 0.0691. The van der Waals surface area contributed by atoms with Gasteiger partial charge in [-0.05, 0) is 0 Å². The number of ether oxygens (including phenoxy) is 2. The fraction of sp³-hybridized carbons (Fsp3) is 1.00. The normalized spacial score (nSPS) is 53.4. The molecule has 4 heteroatoms. The molecular weight excluding hydrogens is 132 g/mol. The van der Waals surface area contributed by atoms with Crippen LogP contribution >= 0.6 is 0 Å². The monoisotopic (exact) mass is 144 g/mol. The average Bonchev–Trinajstić information content (AvgIpc) is 2.41. The van der Waals surface area contributed by atoms with Crippen LogP contribution in [-0.2, 0) is 9.47 Å². The van der Waals surface area contributed by atoms with Crippen molar-refractivity contribution in [3.05, 3.63) is 0 Å². The van der Waals surface area contributed by atoms with Crippen molar-refractivity contribution in [1.82, 2.24) is 0 Å². The van der Waals surface area contributed by atoms with Gasteiger partial charge in [0.05, 0.1) is 25.3 Å². The largest absolute Gasteiger partial charge is 0.372 e. The molecule has 4 nitrogen and oxygen atoms in total. The highest BCUT2D eigenvalue weighted by molar-refractivity contribution is 4.97. The van der Waals surface area contributed by atoms with Gasteiger partial charge in [0.2, 0.25) is 0 Å². The van der Waals surface area contributed by atoms with Gasteiger partial charge in [0, 0.05) is 0 Å². The van der Waals surface area contributed by atoms with Crippen LogP contribution in [0.4, 0.5) is 0 Å². The van der Waals surface area contributed by atoms with Gasteiger partial charge in [-0.1, -0.05) is 0 Å². The minimum absolute atomic E-state index is 0.0264. The average molecular weight is 144 g/mol. The van der Waals surface area contributed by atoms with Gasteiger partial charge < -0.3 is 20.9 Å². The van der Waals surface area contributed by atoms with E-state index in [-0.39, 0.29) is 24.3 Å². The van der Waals surface area contributed by atoms with Crippen LogP contribution in [0.25, 0.3) is 0 Å². The van der Waals surface area contributed by atoms with E-state index in [0.717, 1.165) is 0 Å².